The number of amides is 1. The van der Waals surface area contributed by atoms with E-state index in [1.807, 2.05) is 52.0 Å². The number of ether oxygens (including phenoxy) is 1. The highest BCUT2D eigenvalue weighted by Gasteiger charge is 2.25. The zero-order valence-electron chi connectivity index (χ0n) is 12.8. The lowest BCUT2D eigenvalue weighted by Crippen LogP contribution is -2.46. The topological polar surface area (TPSA) is 58.6 Å². The molecule has 0 aromatic heterocycles. The van der Waals surface area contributed by atoms with Crippen molar-refractivity contribution >= 4 is 5.91 Å². The van der Waals surface area contributed by atoms with Gasteiger partial charge in [-0.2, -0.15) is 0 Å². The van der Waals surface area contributed by atoms with Crippen LogP contribution >= 0.6 is 0 Å². The van der Waals surface area contributed by atoms with Gasteiger partial charge >= 0.3 is 0 Å². The molecule has 0 fully saturated rings. The molecule has 1 aromatic rings. The molecule has 2 N–H and O–H groups in total. The largest absolute Gasteiger partial charge is 0.484 e. The van der Waals surface area contributed by atoms with Gasteiger partial charge in [0, 0.05) is 12.6 Å². The van der Waals surface area contributed by atoms with E-state index >= 15 is 0 Å². The normalized spacial score (nSPS) is 12.8. The summed E-state index contributed by atoms with van der Waals surface area (Å²) in [5, 5.41) is 12.0. The summed E-state index contributed by atoms with van der Waals surface area (Å²) >= 11 is 0. The number of carbonyl (C=O) groups excluding carboxylic acids is 1. The third kappa shape index (κ3) is 5.61. The molecular weight excluding hydrogens is 254 g/mol. The van der Waals surface area contributed by atoms with Gasteiger partial charge in [0.2, 0.25) is 0 Å². The number of hydrogen-bond acceptors (Lipinski definition) is 3. The van der Waals surface area contributed by atoms with Crippen molar-refractivity contribution < 1.29 is 14.6 Å². The highest BCUT2D eigenvalue weighted by molar-refractivity contribution is 5.77. The van der Waals surface area contributed by atoms with Gasteiger partial charge in [-0.05, 0) is 36.5 Å². The van der Waals surface area contributed by atoms with E-state index in [2.05, 4.69) is 5.32 Å². The average molecular weight is 279 g/mol. The summed E-state index contributed by atoms with van der Waals surface area (Å²) in [6.07, 6.45) is 0.541. The molecule has 0 aliphatic rings. The monoisotopic (exact) mass is 279 g/mol. The molecule has 1 amide bonds. The first-order chi connectivity index (χ1) is 9.32. The van der Waals surface area contributed by atoms with Crippen molar-refractivity contribution in [3.8, 4) is 5.75 Å². The summed E-state index contributed by atoms with van der Waals surface area (Å²) in [6, 6.07) is 7.52. The Labute approximate surface area is 121 Å². The van der Waals surface area contributed by atoms with Gasteiger partial charge in [-0.15, -0.1) is 0 Å². The van der Waals surface area contributed by atoms with Crippen LogP contribution in [0.15, 0.2) is 24.3 Å². The summed E-state index contributed by atoms with van der Waals surface area (Å²) in [6.45, 7) is 8.13. The molecule has 0 spiro atoms. The molecular formula is C16H25NO3. The van der Waals surface area contributed by atoms with Crippen molar-refractivity contribution in [1.82, 2.24) is 5.32 Å². The number of carbonyl (C=O) groups is 1. The molecule has 0 radical (unpaired) electrons. The molecule has 0 saturated heterocycles. The first-order valence-electron chi connectivity index (χ1n) is 6.92. The van der Waals surface area contributed by atoms with Gasteiger partial charge < -0.3 is 15.2 Å². The predicted molar refractivity (Wildman–Crippen MR) is 79.8 cm³/mol. The maximum atomic E-state index is 11.9. The maximum Gasteiger partial charge on any atom is 0.258 e. The fourth-order valence-corrected chi connectivity index (χ4v) is 1.94. The van der Waals surface area contributed by atoms with Gasteiger partial charge in [0.1, 0.15) is 5.75 Å². The Balaban J connectivity index is 2.50. The molecule has 112 valence electrons. The lowest BCUT2D eigenvalue weighted by molar-refractivity contribution is -0.124. The molecule has 1 atom stereocenters. The lowest BCUT2D eigenvalue weighted by atomic mass is 9.85. The van der Waals surface area contributed by atoms with Crippen LogP contribution in [-0.4, -0.2) is 30.3 Å². The van der Waals surface area contributed by atoms with Crippen LogP contribution in [0.3, 0.4) is 0 Å². The van der Waals surface area contributed by atoms with Crippen LogP contribution in [0.25, 0.3) is 0 Å². The number of nitrogens with one attached hydrogen (secondary N) is 1. The Bertz CT molecular complexity index is 438. The van der Waals surface area contributed by atoms with Gasteiger partial charge in [0.05, 0.1) is 0 Å². The molecule has 0 aliphatic carbocycles. The molecule has 4 heteroatoms. The zero-order chi connectivity index (χ0) is 15.2. The number of aliphatic hydroxyl groups is 1. The third-order valence-corrected chi connectivity index (χ3v) is 3.16. The van der Waals surface area contributed by atoms with Gasteiger partial charge in [-0.25, -0.2) is 0 Å². The van der Waals surface area contributed by atoms with Crippen molar-refractivity contribution in [1.29, 1.82) is 0 Å². The average Bonchev–Trinajstić information content (AvgIpc) is 2.35. The summed E-state index contributed by atoms with van der Waals surface area (Å²) < 4.78 is 5.47. The number of aliphatic hydroxyl groups excluding tert-OH is 1. The second-order valence-corrected chi connectivity index (χ2v) is 6.10. The fraction of sp³-hybridized carbons (Fsp3) is 0.562. The second-order valence-electron chi connectivity index (χ2n) is 6.10. The quantitative estimate of drug-likeness (QED) is 0.840. The molecule has 0 aliphatic heterocycles. The summed E-state index contributed by atoms with van der Waals surface area (Å²) in [5.41, 5.74) is 0.998. The smallest absolute Gasteiger partial charge is 0.258 e. The van der Waals surface area contributed by atoms with E-state index in [1.54, 1.807) is 0 Å². The van der Waals surface area contributed by atoms with Crippen molar-refractivity contribution in [3.05, 3.63) is 29.8 Å². The fourth-order valence-electron chi connectivity index (χ4n) is 1.94. The van der Waals surface area contributed by atoms with Crippen molar-refractivity contribution in [2.45, 2.75) is 40.2 Å². The molecule has 0 bridgehead atoms. The molecule has 0 saturated carbocycles. The van der Waals surface area contributed by atoms with Gasteiger partial charge in [-0.3, -0.25) is 4.79 Å². The Morgan fingerprint density at radius 3 is 2.65 bits per heavy atom. The van der Waals surface area contributed by atoms with E-state index in [0.717, 1.165) is 5.56 Å². The Morgan fingerprint density at radius 2 is 2.10 bits per heavy atom. The van der Waals surface area contributed by atoms with Crippen LogP contribution in [0.4, 0.5) is 0 Å². The molecule has 1 aromatic carbocycles. The lowest BCUT2D eigenvalue weighted by Gasteiger charge is -2.31. The van der Waals surface area contributed by atoms with Crippen molar-refractivity contribution in [2.24, 2.45) is 5.41 Å². The molecule has 4 nitrogen and oxygen atoms in total. The SMILES string of the molecule is Cc1cccc(OCC(=O)NC(CCO)C(C)(C)C)c1. The van der Waals surface area contributed by atoms with E-state index in [0.29, 0.717) is 12.2 Å². The van der Waals surface area contributed by atoms with Crippen LogP contribution in [-0.2, 0) is 4.79 Å². The van der Waals surface area contributed by atoms with Crippen molar-refractivity contribution in [3.63, 3.8) is 0 Å². The van der Waals surface area contributed by atoms with Gasteiger partial charge in [-0.1, -0.05) is 32.9 Å². The van der Waals surface area contributed by atoms with E-state index in [-0.39, 0.29) is 30.6 Å². The highest BCUT2D eigenvalue weighted by atomic mass is 16.5. The number of benzene rings is 1. The highest BCUT2D eigenvalue weighted by Crippen LogP contribution is 2.21. The van der Waals surface area contributed by atoms with Crippen LogP contribution in [0.2, 0.25) is 0 Å². The molecule has 20 heavy (non-hydrogen) atoms. The van der Waals surface area contributed by atoms with Gasteiger partial charge in [0.25, 0.3) is 5.91 Å². The van der Waals surface area contributed by atoms with Crippen LogP contribution in [0.5, 0.6) is 5.75 Å². The van der Waals surface area contributed by atoms with Gasteiger partial charge in [0.15, 0.2) is 6.61 Å². The predicted octanol–water partition coefficient (Wildman–Crippen LogP) is 2.29. The minimum Gasteiger partial charge on any atom is -0.484 e. The first-order valence-corrected chi connectivity index (χ1v) is 6.92. The second kappa shape index (κ2) is 7.29. The zero-order valence-corrected chi connectivity index (χ0v) is 12.8. The van der Waals surface area contributed by atoms with Crippen molar-refractivity contribution in [2.75, 3.05) is 13.2 Å². The van der Waals surface area contributed by atoms with E-state index in [1.165, 1.54) is 0 Å². The standard InChI is InChI=1S/C16H25NO3/c1-12-6-5-7-13(10-12)20-11-15(19)17-14(8-9-18)16(2,3)4/h5-7,10,14,18H,8-9,11H2,1-4H3,(H,17,19). The summed E-state index contributed by atoms with van der Waals surface area (Å²) in [7, 11) is 0. The van der Waals surface area contributed by atoms with Crippen LogP contribution in [0, 0.1) is 12.3 Å². The maximum absolute atomic E-state index is 11.9. The molecule has 0 heterocycles. The van der Waals surface area contributed by atoms with Crippen LogP contribution in [0.1, 0.15) is 32.8 Å². The number of aryl methyl sites for hydroxylation is 1. The van der Waals surface area contributed by atoms with E-state index < -0.39 is 0 Å². The summed E-state index contributed by atoms with van der Waals surface area (Å²) in [5.74, 6) is 0.523. The van der Waals surface area contributed by atoms with E-state index in [9.17, 15) is 4.79 Å². The Kier molecular flexibility index (Phi) is 6.02. The first kappa shape index (κ1) is 16.5. The molecule has 1 rings (SSSR count). The minimum atomic E-state index is -0.167. The number of hydrogen-bond donors (Lipinski definition) is 2. The van der Waals surface area contributed by atoms with E-state index in [4.69, 9.17) is 9.84 Å². The Hall–Kier alpha value is -1.55. The minimum absolute atomic E-state index is 0.0124. The molecule has 1 unspecified atom stereocenters. The van der Waals surface area contributed by atoms with Crippen LogP contribution < -0.4 is 10.1 Å². The summed E-state index contributed by atoms with van der Waals surface area (Å²) in [4.78, 5) is 11.9. The third-order valence-electron chi connectivity index (χ3n) is 3.16. The number of rotatable bonds is 6. The Morgan fingerprint density at radius 1 is 1.40 bits per heavy atom.